The summed E-state index contributed by atoms with van der Waals surface area (Å²) in [6, 6.07) is 16.5. The van der Waals surface area contributed by atoms with Crippen LogP contribution < -0.4 is 0 Å². The first kappa shape index (κ1) is 20.3. The number of carbonyl (C=O) groups is 3. The predicted octanol–water partition coefficient (Wildman–Crippen LogP) is 3.79. The van der Waals surface area contributed by atoms with E-state index in [4.69, 9.17) is 0 Å². The molecule has 2 heterocycles. The van der Waals surface area contributed by atoms with E-state index >= 15 is 0 Å². The van der Waals surface area contributed by atoms with Gasteiger partial charge in [-0.25, -0.2) is 0 Å². The standard InChI is InChI=1S/C25H28N2O3/c1-17(2)22(27-23(28)20-10-6-7-11-21(20)24(27)29)25(30)26-14-12-19(13-15-26)16-18-8-4-3-5-9-18/h3-11,17,19,22H,12-16H2,1-2H3/t22-/m1/s1. The van der Waals surface area contributed by atoms with Crippen molar-refractivity contribution in [1.82, 2.24) is 9.80 Å². The van der Waals surface area contributed by atoms with Crippen molar-refractivity contribution in [3.05, 3.63) is 71.3 Å². The average Bonchev–Trinajstić information content (AvgIpc) is 3.00. The minimum Gasteiger partial charge on any atom is -0.341 e. The average molecular weight is 405 g/mol. The summed E-state index contributed by atoms with van der Waals surface area (Å²) in [5.74, 6) is -0.434. The molecule has 5 nitrogen and oxygen atoms in total. The molecule has 2 aliphatic heterocycles. The first-order valence-electron chi connectivity index (χ1n) is 10.8. The van der Waals surface area contributed by atoms with E-state index < -0.39 is 6.04 Å². The Bertz CT molecular complexity index is 911. The van der Waals surface area contributed by atoms with Crippen LogP contribution >= 0.6 is 0 Å². The number of fused-ring (bicyclic) bond motifs is 1. The van der Waals surface area contributed by atoms with Crippen molar-refractivity contribution in [3.63, 3.8) is 0 Å². The van der Waals surface area contributed by atoms with Crippen molar-refractivity contribution in [2.75, 3.05) is 13.1 Å². The van der Waals surface area contributed by atoms with E-state index in [9.17, 15) is 14.4 Å². The van der Waals surface area contributed by atoms with Crippen molar-refractivity contribution in [2.45, 2.75) is 39.2 Å². The molecule has 0 unspecified atom stereocenters. The Morgan fingerprint density at radius 3 is 1.97 bits per heavy atom. The van der Waals surface area contributed by atoms with E-state index in [-0.39, 0.29) is 23.6 Å². The van der Waals surface area contributed by atoms with E-state index in [0.717, 1.165) is 19.3 Å². The number of likely N-dealkylation sites (tertiary alicyclic amines) is 1. The summed E-state index contributed by atoms with van der Waals surface area (Å²) in [5, 5.41) is 0. The molecule has 5 heteroatoms. The van der Waals surface area contributed by atoms with Gasteiger partial charge in [0, 0.05) is 13.1 Å². The zero-order valence-electron chi connectivity index (χ0n) is 17.6. The van der Waals surface area contributed by atoms with Gasteiger partial charge in [0.05, 0.1) is 11.1 Å². The smallest absolute Gasteiger partial charge is 0.262 e. The molecule has 4 rings (SSSR count). The number of rotatable bonds is 5. The molecule has 0 radical (unpaired) electrons. The topological polar surface area (TPSA) is 57.7 Å². The third-order valence-corrected chi connectivity index (χ3v) is 6.28. The monoisotopic (exact) mass is 404 g/mol. The summed E-state index contributed by atoms with van der Waals surface area (Å²) in [6.07, 6.45) is 2.90. The Hall–Kier alpha value is -2.95. The van der Waals surface area contributed by atoms with Crippen LogP contribution in [0.15, 0.2) is 54.6 Å². The van der Waals surface area contributed by atoms with E-state index in [1.165, 1.54) is 10.5 Å². The van der Waals surface area contributed by atoms with Crippen LogP contribution in [-0.4, -0.2) is 46.7 Å². The van der Waals surface area contributed by atoms with E-state index in [1.807, 2.05) is 24.8 Å². The molecule has 0 bridgehead atoms. The quantitative estimate of drug-likeness (QED) is 0.713. The molecule has 30 heavy (non-hydrogen) atoms. The van der Waals surface area contributed by atoms with Crippen LogP contribution in [0.2, 0.25) is 0 Å². The second-order valence-corrected chi connectivity index (χ2v) is 8.67. The molecule has 3 amide bonds. The number of carbonyl (C=O) groups excluding carboxylic acids is 3. The molecule has 156 valence electrons. The highest BCUT2D eigenvalue weighted by molar-refractivity contribution is 6.22. The maximum absolute atomic E-state index is 13.4. The molecule has 0 saturated carbocycles. The van der Waals surface area contributed by atoms with Crippen molar-refractivity contribution >= 4 is 17.7 Å². The van der Waals surface area contributed by atoms with Gasteiger partial charge < -0.3 is 4.90 Å². The Morgan fingerprint density at radius 1 is 0.900 bits per heavy atom. The van der Waals surface area contributed by atoms with Crippen LogP contribution in [0.5, 0.6) is 0 Å². The van der Waals surface area contributed by atoms with Crippen LogP contribution in [0.25, 0.3) is 0 Å². The second kappa shape index (κ2) is 8.42. The lowest BCUT2D eigenvalue weighted by atomic mass is 9.89. The number of amides is 3. The zero-order chi connectivity index (χ0) is 21.3. The van der Waals surface area contributed by atoms with Gasteiger partial charge in [-0.1, -0.05) is 56.3 Å². The number of imide groups is 1. The summed E-state index contributed by atoms with van der Waals surface area (Å²) in [7, 11) is 0. The summed E-state index contributed by atoms with van der Waals surface area (Å²) in [6.45, 7) is 5.13. The van der Waals surface area contributed by atoms with Gasteiger partial charge in [-0.3, -0.25) is 19.3 Å². The molecule has 2 aromatic carbocycles. The van der Waals surface area contributed by atoms with Crippen LogP contribution in [0.4, 0.5) is 0 Å². The second-order valence-electron chi connectivity index (χ2n) is 8.67. The Balaban J connectivity index is 1.45. The van der Waals surface area contributed by atoms with Gasteiger partial charge >= 0.3 is 0 Å². The number of nitrogens with zero attached hydrogens (tertiary/aromatic N) is 2. The molecule has 0 spiro atoms. The van der Waals surface area contributed by atoms with Crippen molar-refractivity contribution in [3.8, 4) is 0 Å². The van der Waals surface area contributed by atoms with Gasteiger partial charge in [0.25, 0.3) is 11.8 Å². The number of benzene rings is 2. The molecule has 1 fully saturated rings. The first-order valence-corrected chi connectivity index (χ1v) is 10.8. The van der Waals surface area contributed by atoms with E-state index in [1.54, 1.807) is 24.3 Å². The van der Waals surface area contributed by atoms with Crippen LogP contribution in [0, 0.1) is 11.8 Å². The van der Waals surface area contributed by atoms with Crippen LogP contribution in [0.3, 0.4) is 0 Å². The third-order valence-electron chi connectivity index (χ3n) is 6.28. The van der Waals surface area contributed by atoms with Gasteiger partial charge in [0.1, 0.15) is 6.04 Å². The van der Waals surface area contributed by atoms with Crippen LogP contribution in [-0.2, 0) is 11.2 Å². The van der Waals surface area contributed by atoms with Crippen LogP contribution in [0.1, 0.15) is 53.0 Å². The lowest BCUT2D eigenvalue weighted by Gasteiger charge is -2.37. The van der Waals surface area contributed by atoms with E-state index in [0.29, 0.717) is 30.1 Å². The Labute approximate surface area is 177 Å². The molecule has 0 aliphatic carbocycles. The lowest BCUT2D eigenvalue weighted by molar-refractivity contribution is -0.138. The molecular formula is C25H28N2O3. The third kappa shape index (κ3) is 3.76. The molecule has 1 saturated heterocycles. The fourth-order valence-corrected chi connectivity index (χ4v) is 4.65. The minimum atomic E-state index is -0.761. The van der Waals surface area contributed by atoms with Gasteiger partial charge in [-0.05, 0) is 48.8 Å². The molecular weight excluding hydrogens is 376 g/mol. The van der Waals surface area contributed by atoms with Gasteiger partial charge in [0.15, 0.2) is 0 Å². The number of hydrogen-bond donors (Lipinski definition) is 0. The summed E-state index contributed by atoms with van der Waals surface area (Å²) in [4.78, 5) is 42.3. The van der Waals surface area contributed by atoms with Gasteiger partial charge in [-0.2, -0.15) is 0 Å². The summed E-state index contributed by atoms with van der Waals surface area (Å²) in [5.41, 5.74) is 2.11. The molecule has 2 aliphatic rings. The molecule has 0 N–H and O–H groups in total. The van der Waals surface area contributed by atoms with Crippen molar-refractivity contribution in [2.24, 2.45) is 11.8 Å². The lowest BCUT2D eigenvalue weighted by Crippen LogP contribution is -2.54. The minimum absolute atomic E-state index is 0.113. The number of hydrogen-bond acceptors (Lipinski definition) is 3. The first-order chi connectivity index (χ1) is 14.5. The normalized spacial score (nSPS) is 18.1. The van der Waals surface area contributed by atoms with E-state index in [2.05, 4.69) is 24.3 Å². The van der Waals surface area contributed by atoms with Gasteiger partial charge in [0.2, 0.25) is 5.91 Å². The predicted molar refractivity (Wildman–Crippen MR) is 115 cm³/mol. The maximum atomic E-state index is 13.4. The molecule has 0 aromatic heterocycles. The van der Waals surface area contributed by atoms with Crippen molar-refractivity contribution < 1.29 is 14.4 Å². The summed E-state index contributed by atoms with van der Waals surface area (Å²) < 4.78 is 0. The van der Waals surface area contributed by atoms with Gasteiger partial charge in [-0.15, -0.1) is 0 Å². The molecule has 2 aromatic rings. The van der Waals surface area contributed by atoms with Crippen molar-refractivity contribution in [1.29, 1.82) is 0 Å². The Kier molecular flexibility index (Phi) is 5.71. The zero-order valence-corrected chi connectivity index (χ0v) is 17.6. The highest BCUT2D eigenvalue weighted by Gasteiger charge is 2.45. The highest BCUT2D eigenvalue weighted by atomic mass is 16.2. The fraction of sp³-hybridized carbons (Fsp3) is 0.400. The highest BCUT2D eigenvalue weighted by Crippen LogP contribution is 2.29. The Morgan fingerprint density at radius 2 is 1.43 bits per heavy atom. The fourth-order valence-electron chi connectivity index (χ4n) is 4.65. The maximum Gasteiger partial charge on any atom is 0.262 e. The SMILES string of the molecule is CC(C)[C@H](C(=O)N1CCC(Cc2ccccc2)CC1)N1C(=O)c2ccccc2C1=O. The number of piperidine rings is 1. The summed E-state index contributed by atoms with van der Waals surface area (Å²) >= 11 is 0. The largest absolute Gasteiger partial charge is 0.341 e. The molecule has 1 atom stereocenters.